The van der Waals surface area contributed by atoms with Crippen molar-refractivity contribution in [2.75, 3.05) is 5.32 Å². The number of nitrogens with zero attached hydrogens (tertiary/aromatic N) is 4. The number of hydrogen-bond acceptors (Lipinski definition) is 6. The minimum Gasteiger partial charge on any atom is -0.451 e. The molecule has 0 saturated carbocycles. The van der Waals surface area contributed by atoms with Crippen LogP contribution in [0.15, 0.2) is 24.5 Å². The first kappa shape index (κ1) is 15.9. The van der Waals surface area contributed by atoms with Gasteiger partial charge >= 0.3 is 5.97 Å². The first-order valence-electron chi connectivity index (χ1n) is 6.43. The maximum atomic E-state index is 12.0. The number of nitrogens with one attached hydrogen (secondary N) is 1. The van der Waals surface area contributed by atoms with Crippen molar-refractivity contribution in [1.29, 1.82) is 0 Å². The van der Waals surface area contributed by atoms with Crippen LogP contribution >= 0.6 is 11.6 Å². The maximum absolute atomic E-state index is 12.0. The number of amides is 1. The Morgan fingerprint density at radius 1 is 1.45 bits per heavy atom. The fourth-order valence-electron chi connectivity index (χ4n) is 1.65. The predicted molar refractivity (Wildman–Crippen MR) is 78.2 cm³/mol. The number of ether oxygens (including phenoxy) is 1. The second kappa shape index (κ2) is 6.99. The Morgan fingerprint density at radius 2 is 2.23 bits per heavy atom. The van der Waals surface area contributed by atoms with Gasteiger partial charge in [-0.3, -0.25) is 9.59 Å². The van der Waals surface area contributed by atoms with Crippen LogP contribution in [-0.2, 0) is 20.9 Å². The summed E-state index contributed by atoms with van der Waals surface area (Å²) in [6.07, 6.45) is 0.323. The van der Waals surface area contributed by atoms with Crippen molar-refractivity contribution in [3.63, 3.8) is 0 Å². The predicted octanol–water partition coefficient (Wildman–Crippen LogP) is 1.21. The molecule has 2 rings (SSSR count). The summed E-state index contributed by atoms with van der Waals surface area (Å²) in [5, 5.41) is 13.5. The largest absolute Gasteiger partial charge is 0.451 e. The number of carbonyl (C=O) groups excluding carboxylic acids is 2. The fraction of sp³-hybridized carbons (Fsp3) is 0.308. The molecule has 0 radical (unpaired) electrons. The lowest BCUT2D eigenvalue weighted by atomic mass is 10.2. The summed E-state index contributed by atoms with van der Waals surface area (Å²) in [6, 6.07) is 5.16. The van der Waals surface area contributed by atoms with Crippen molar-refractivity contribution < 1.29 is 14.3 Å². The first-order valence-corrected chi connectivity index (χ1v) is 6.81. The third kappa shape index (κ3) is 4.01. The number of aromatic nitrogens is 4. The van der Waals surface area contributed by atoms with E-state index in [-0.39, 0.29) is 6.54 Å². The highest BCUT2D eigenvalue weighted by Crippen LogP contribution is 2.23. The fourth-order valence-corrected chi connectivity index (χ4v) is 1.82. The molecule has 22 heavy (non-hydrogen) atoms. The molecule has 1 N–H and O–H groups in total. The topological polar surface area (TPSA) is 99.0 Å². The van der Waals surface area contributed by atoms with Crippen LogP contribution < -0.4 is 5.32 Å². The van der Waals surface area contributed by atoms with E-state index in [0.717, 1.165) is 5.56 Å². The highest BCUT2D eigenvalue weighted by atomic mass is 35.5. The van der Waals surface area contributed by atoms with E-state index in [9.17, 15) is 9.59 Å². The highest BCUT2D eigenvalue weighted by molar-refractivity contribution is 6.31. The zero-order valence-electron chi connectivity index (χ0n) is 12.0. The first-order chi connectivity index (χ1) is 10.5. The van der Waals surface area contributed by atoms with Gasteiger partial charge in [0.25, 0.3) is 5.91 Å². The molecular weight excluding hydrogens is 310 g/mol. The maximum Gasteiger partial charge on any atom is 0.328 e. The van der Waals surface area contributed by atoms with Crippen LogP contribution in [0.5, 0.6) is 0 Å². The SMILES string of the molecule is Cc1c(Cl)cccc1NC(=O)[C@H](C)OC(=O)Cn1cnnn1. The van der Waals surface area contributed by atoms with Gasteiger partial charge < -0.3 is 10.1 Å². The number of carbonyl (C=O) groups is 2. The second-order valence-corrected chi connectivity index (χ2v) is 4.95. The van der Waals surface area contributed by atoms with Gasteiger partial charge in [-0.2, -0.15) is 0 Å². The molecule has 1 heterocycles. The van der Waals surface area contributed by atoms with Crippen molar-refractivity contribution in [2.24, 2.45) is 0 Å². The molecule has 0 fully saturated rings. The van der Waals surface area contributed by atoms with Gasteiger partial charge in [-0.15, -0.1) is 5.10 Å². The second-order valence-electron chi connectivity index (χ2n) is 4.54. The highest BCUT2D eigenvalue weighted by Gasteiger charge is 2.19. The molecule has 1 aromatic carbocycles. The lowest BCUT2D eigenvalue weighted by Gasteiger charge is -2.15. The van der Waals surface area contributed by atoms with Crippen LogP contribution in [0.25, 0.3) is 0 Å². The van der Waals surface area contributed by atoms with Gasteiger partial charge in [0.05, 0.1) is 0 Å². The number of tetrazole rings is 1. The number of esters is 1. The van der Waals surface area contributed by atoms with Gasteiger partial charge in [0.1, 0.15) is 12.9 Å². The van der Waals surface area contributed by atoms with E-state index in [0.29, 0.717) is 10.7 Å². The van der Waals surface area contributed by atoms with Gasteiger partial charge in [0.15, 0.2) is 6.10 Å². The minimum absolute atomic E-state index is 0.166. The Bertz CT molecular complexity index is 674. The summed E-state index contributed by atoms with van der Waals surface area (Å²) in [7, 11) is 0. The Hall–Kier alpha value is -2.48. The van der Waals surface area contributed by atoms with E-state index >= 15 is 0 Å². The molecule has 0 bridgehead atoms. The lowest BCUT2D eigenvalue weighted by molar-refractivity contribution is -0.153. The summed E-state index contributed by atoms with van der Waals surface area (Å²) in [4.78, 5) is 23.7. The molecule has 1 atom stereocenters. The molecule has 0 aliphatic heterocycles. The molecular formula is C13H14ClN5O3. The van der Waals surface area contributed by atoms with Crippen molar-refractivity contribution in [2.45, 2.75) is 26.5 Å². The molecule has 2 aromatic rings. The number of benzene rings is 1. The molecule has 116 valence electrons. The number of anilines is 1. The van der Waals surface area contributed by atoms with Crippen molar-refractivity contribution in [3.05, 3.63) is 35.1 Å². The summed E-state index contributed by atoms with van der Waals surface area (Å²) >= 11 is 5.98. The van der Waals surface area contributed by atoms with E-state index in [1.54, 1.807) is 25.1 Å². The van der Waals surface area contributed by atoms with Gasteiger partial charge in [0, 0.05) is 10.7 Å². The smallest absolute Gasteiger partial charge is 0.328 e. The van der Waals surface area contributed by atoms with Gasteiger partial charge in [0.2, 0.25) is 0 Å². The molecule has 0 aliphatic carbocycles. The monoisotopic (exact) mass is 323 g/mol. The molecule has 0 aliphatic rings. The van der Waals surface area contributed by atoms with Crippen LogP contribution in [0.3, 0.4) is 0 Å². The zero-order valence-corrected chi connectivity index (χ0v) is 12.7. The minimum atomic E-state index is -0.956. The molecule has 1 amide bonds. The molecule has 0 unspecified atom stereocenters. The zero-order chi connectivity index (χ0) is 16.1. The van der Waals surface area contributed by atoms with E-state index in [1.165, 1.54) is 17.9 Å². The average Bonchev–Trinajstić information content (AvgIpc) is 2.96. The summed E-state index contributed by atoms with van der Waals surface area (Å²) in [6.45, 7) is 3.10. The van der Waals surface area contributed by atoms with Gasteiger partial charge in [-0.05, 0) is 42.0 Å². The van der Waals surface area contributed by atoms with Crippen LogP contribution in [0.1, 0.15) is 12.5 Å². The molecule has 0 saturated heterocycles. The Labute approximate surface area is 131 Å². The molecule has 0 spiro atoms. The van der Waals surface area contributed by atoms with Crippen molar-refractivity contribution in [1.82, 2.24) is 20.2 Å². The third-order valence-electron chi connectivity index (χ3n) is 2.89. The summed E-state index contributed by atoms with van der Waals surface area (Å²) in [5.41, 5.74) is 1.31. The Morgan fingerprint density at radius 3 is 2.91 bits per heavy atom. The standard InChI is InChI=1S/C13H14ClN5O3/c1-8-10(14)4-3-5-11(8)16-13(21)9(2)22-12(20)6-19-7-15-17-18-19/h3-5,7,9H,6H2,1-2H3,(H,16,21)/t9-/m0/s1. The van der Waals surface area contributed by atoms with Gasteiger partial charge in [-0.1, -0.05) is 17.7 Å². The average molecular weight is 324 g/mol. The Balaban J connectivity index is 1.91. The van der Waals surface area contributed by atoms with E-state index in [4.69, 9.17) is 16.3 Å². The number of hydrogen-bond donors (Lipinski definition) is 1. The van der Waals surface area contributed by atoms with Gasteiger partial charge in [-0.25, -0.2) is 4.68 Å². The molecule has 8 nitrogen and oxygen atoms in total. The number of halogens is 1. The van der Waals surface area contributed by atoms with Crippen LogP contribution in [0.2, 0.25) is 5.02 Å². The lowest BCUT2D eigenvalue weighted by Crippen LogP contribution is -2.31. The van der Waals surface area contributed by atoms with E-state index < -0.39 is 18.0 Å². The van der Waals surface area contributed by atoms with Crippen molar-refractivity contribution in [3.8, 4) is 0 Å². The van der Waals surface area contributed by atoms with Crippen molar-refractivity contribution >= 4 is 29.2 Å². The van der Waals surface area contributed by atoms with Crippen LogP contribution in [0, 0.1) is 6.92 Å². The molecule has 9 heteroatoms. The van der Waals surface area contributed by atoms with Crippen LogP contribution in [-0.4, -0.2) is 38.2 Å². The number of rotatable bonds is 5. The Kier molecular flexibility index (Phi) is 5.05. The quantitative estimate of drug-likeness (QED) is 0.830. The van der Waals surface area contributed by atoms with Crippen LogP contribution in [0.4, 0.5) is 5.69 Å². The normalized spacial score (nSPS) is 11.8. The summed E-state index contributed by atoms with van der Waals surface area (Å²) < 4.78 is 6.23. The third-order valence-corrected chi connectivity index (χ3v) is 3.30. The summed E-state index contributed by atoms with van der Waals surface area (Å²) in [5.74, 6) is -1.06. The van der Waals surface area contributed by atoms with E-state index in [2.05, 4.69) is 20.8 Å². The molecule has 1 aromatic heterocycles. The van der Waals surface area contributed by atoms with E-state index in [1.807, 2.05) is 0 Å².